The second-order valence-electron chi connectivity index (χ2n) is 3.45. The Morgan fingerprint density at radius 2 is 2.44 bits per heavy atom. The highest BCUT2D eigenvalue weighted by atomic mass is 32.2. The first-order chi connectivity index (χ1) is 7.74. The summed E-state index contributed by atoms with van der Waals surface area (Å²) >= 11 is 3.54. The fraction of sp³-hybridized carbons (Fsp3) is 0.364. The molecule has 0 aromatic carbocycles. The van der Waals surface area contributed by atoms with Gasteiger partial charge in [0, 0.05) is 21.6 Å². The van der Waals surface area contributed by atoms with Gasteiger partial charge in [0.2, 0.25) is 0 Å². The maximum absolute atomic E-state index is 10.3. The van der Waals surface area contributed by atoms with E-state index in [2.05, 4.69) is 6.07 Å². The van der Waals surface area contributed by atoms with Crippen molar-refractivity contribution >= 4 is 35.1 Å². The number of carbonyl (C=O) groups is 1. The summed E-state index contributed by atoms with van der Waals surface area (Å²) in [6, 6.07) is 4.01. The summed E-state index contributed by atoms with van der Waals surface area (Å²) in [6.45, 7) is 1.73. The largest absolute Gasteiger partial charge is 0.478 e. The number of thiophene rings is 1. The standard InChI is InChI=1S/C11H12O3S2/c12-11(13)4-3-8-1-2-9(16-8)7-15-10-5-14-6-10/h1-4,10H,5-7H2,(H,12,13). The molecule has 1 aliphatic rings. The third-order valence-electron chi connectivity index (χ3n) is 2.14. The zero-order chi connectivity index (χ0) is 11.4. The molecule has 0 atom stereocenters. The van der Waals surface area contributed by atoms with E-state index >= 15 is 0 Å². The third-order valence-corrected chi connectivity index (χ3v) is 4.60. The van der Waals surface area contributed by atoms with Gasteiger partial charge in [-0.2, -0.15) is 0 Å². The highest BCUT2D eigenvalue weighted by Crippen LogP contribution is 2.27. The van der Waals surface area contributed by atoms with Crippen molar-refractivity contribution in [1.29, 1.82) is 0 Å². The molecule has 16 heavy (non-hydrogen) atoms. The summed E-state index contributed by atoms with van der Waals surface area (Å²) in [6.07, 6.45) is 2.80. The van der Waals surface area contributed by atoms with Gasteiger partial charge in [-0.25, -0.2) is 4.79 Å². The van der Waals surface area contributed by atoms with Crippen molar-refractivity contribution in [2.75, 3.05) is 13.2 Å². The average molecular weight is 256 g/mol. The number of hydrogen-bond donors (Lipinski definition) is 1. The maximum atomic E-state index is 10.3. The number of carboxylic acid groups (broad SMARTS) is 1. The summed E-state index contributed by atoms with van der Waals surface area (Å²) < 4.78 is 5.10. The SMILES string of the molecule is O=C(O)C=Cc1ccc(CSC2COC2)s1. The molecule has 0 spiro atoms. The number of carboxylic acids is 1. The Hall–Kier alpha value is -0.780. The molecule has 1 fully saturated rings. The highest BCUT2D eigenvalue weighted by molar-refractivity contribution is 7.99. The van der Waals surface area contributed by atoms with E-state index in [9.17, 15) is 4.79 Å². The summed E-state index contributed by atoms with van der Waals surface area (Å²) in [4.78, 5) is 12.6. The van der Waals surface area contributed by atoms with Crippen LogP contribution in [0.25, 0.3) is 6.08 Å². The molecule has 0 radical (unpaired) electrons. The van der Waals surface area contributed by atoms with Gasteiger partial charge in [-0.05, 0) is 18.2 Å². The molecular formula is C11H12O3S2. The Kier molecular flexibility index (Phi) is 4.04. The van der Waals surface area contributed by atoms with Crippen LogP contribution < -0.4 is 0 Å². The molecule has 0 amide bonds. The lowest BCUT2D eigenvalue weighted by Gasteiger charge is -2.24. The van der Waals surface area contributed by atoms with Gasteiger partial charge in [-0.1, -0.05) is 0 Å². The van der Waals surface area contributed by atoms with Crippen LogP contribution >= 0.6 is 23.1 Å². The first kappa shape index (κ1) is 11.7. The van der Waals surface area contributed by atoms with E-state index in [0.717, 1.165) is 23.8 Å². The minimum Gasteiger partial charge on any atom is -0.478 e. The van der Waals surface area contributed by atoms with E-state index in [-0.39, 0.29) is 0 Å². The lowest BCUT2D eigenvalue weighted by Crippen LogP contribution is -2.30. The quantitative estimate of drug-likeness (QED) is 0.822. The average Bonchev–Trinajstić information content (AvgIpc) is 2.60. The number of aliphatic carboxylic acids is 1. The van der Waals surface area contributed by atoms with Crippen LogP contribution in [0.2, 0.25) is 0 Å². The van der Waals surface area contributed by atoms with E-state index in [0.29, 0.717) is 5.25 Å². The lowest BCUT2D eigenvalue weighted by atomic mass is 10.4. The van der Waals surface area contributed by atoms with Crippen LogP contribution in [0.4, 0.5) is 0 Å². The van der Waals surface area contributed by atoms with E-state index in [1.807, 2.05) is 17.8 Å². The predicted octanol–water partition coefficient (Wildman–Crippen LogP) is 2.48. The molecule has 5 heteroatoms. The molecule has 1 aliphatic heterocycles. The van der Waals surface area contributed by atoms with E-state index in [1.54, 1.807) is 17.4 Å². The highest BCUT2D eigenvalue weighted by Gasteiger charge is 2.18. The zero-order valence-corrected chi connectivity index (χ0v) is 10.2. The molecule has 0 aliphatic carbocycles. The van der Waals surface area contributed by atoms with Gasteiger partial charge < -0.3 is 9.84 Å². The second kappa shape index (κ2) is 5.52. The minimum atomic E-state index is -0.907. The van der Waals surface area contributed by atoms with Crippen LogP contribution in [-0.2, 0) is 15.3 Å². The summed E-state index contributed by atoms with van der Waals surface area (Å²) in [7, 11) is 0. The fourth-order valence-electron chi connectivity index (χ4n) is 1.23. The molecule has 3 nitrogen and oxygen atoms in total. The first-order valence-corrected chi connectivity index (χ1v) is 6.79. The summed E-state index contributed by atoms with van der Waals surface area (Å²) in [5, 5.41) is 9.14. The number of hydrogen-bond acceptors (Lipinski definition) is 4. The molecule has 86 valence electrons. The van der Waals surface area contributed by atoms with Crippen molar-refractivity contribution in [2.45, 2.75) is 11.0 Å². The number of thioether (sulfide) groups is 1. The van der Waals surface area contributed by atoms with Gasteiger partial charge >= 0.3 is 5.97 Å². The fourth-order valence-corrected chi connectivity index (χ4v) is 3.26. The topological polar surface area (TPSA) is 46.5 Å². The van der Waals surface area contributed by atoms with Crippen LogP contribution in [0, 0.1) is 0 Å². The van der Waals surface area contributed by atoms with Crippen molar-refractivity contribution in [3.63, 3.8) is 0 Å². The van der Waals surface area contributed by atoms with Gasteiger partial charge in [-0.15, -0.1) is 23.1 Å². The van der Waals surface area contributed by atoms with Gasteiger partial charge in [0.25, 0.3) is 0 Å². The molecule has 2 rings (SSSR count). The van der Waals surface area contributed by atoms with Crippen molar-refractivity contribution < 1.29 is 14.6 Å². The molecular weight excluding hydrogens is 244 g/mol. The minimum absolute atomic E-state index is 0.639. The van der Waals surface area contributed by atoms with E-state index in [4.69, 9.17) is 9.84 Å². The molecule has 1 saturated heterocycles. The zero-order valence-electron chi connectivity index (χ0n) is 8.59. The van der Waals surface area contributed by atoms with Gasteiger partial charge in [-0.3, -0.25) is 0 Å². The first-order valence-electron chi connectivity index (χ1n) is 4.93. The lowest BCUT2D eigenvalue weighted by molar-refractivity contribution is -0.131. The second-order valence-corrected chi connectivity index (χ2v) is 5.93. The van der Waals surface area contributed by atoms with Crippen molar-refractivity contribution in [2.24, 2.45) is 0 Å². The van der Waals surface area contributed by atoms with Crippen molar-refractivity contribution in [1.82, 2.24) is 0 Å². The Bertz CT molecular complexity index is 394. The van der Waals surface area contributed by atoms with Gasteiger partial charge in [0.1, 0.15) is 0 Å². The van der Waals surface area contributed by atoms with Crippen LogP contribution in [0.1, 0.15) is 9.75 Å². The van der Waals surface area contributed by atoms with E-state index < -0.39 is 5.97 Å². The maximum Gasteiger partial charge on any atom is 0.328 e. The van der Waals surface area contributed by atoms with Crippen LogP contribution in [0.15, 0.2) is 18.2 Å². The molecule has 1 aromatic heterocycles. The monoisotopic (exact) mass is 256 g/mol. The molecule has 1 N–H and O–H groups in total. The van der Waals surface area contributed by atoms with Crippen LogP contribution in [0.3, 0.4) is 0 Å². The van der Waals surface area contributed by atoms with Crippen LogP contribution in [0.5, 0.6) is 0 Å². The Morgan fingerprint density at radius 3 is 3.06 bits per heavy atom. The molecule has 0 bridgehead atoms. The smallest absolute Gasteiger partial charge is 0.328 e. The summed E-state index contributed by atoms with van der Waals surface area (Å²) in [5.41, 5.74) is 0. The Labute approximate surface area is 102 Å². The van der Waals surface area contributed by atoms with Gasteiger partial charge in [0.15, 0.2) is 0 Å². The normalized spacial score (nSPS) is 16.5. The van der Waals surface area contributed by atoms with E-state index in [1.165, 1.54) is 11.0 Å². The summed E-state index contributed by atoms with van der Waals surface area (Å²) in [5.74, 6) is 0.0792. The van der Waals surface area contributed by atoms with Crippen LogP contribution in [-0.4, -0.2) is 29.5 Å². The Balaban J connectivity index is 1.83. The predicted molar refractivity (Wildman–Crippen MR) is 66.9 cm³/mol. The number of rotatable bonds is 5. The molecule has 2 heterocycles. The van der Waals surface area contributed by atoms with Crippen molar-refractivity contribution in [3.05, 3.63) is 28.0 Å². The van der Waals surface area contributed by atoms with Gasteiger partial charge in [0.05, 0.1) is 18.5 Å². The number of ether oxygens (including phenoxy) is 1. The molecule has 1 aromatic rings. The Morgan fingerprint density at radius 1 is 1.62 bits per heavy atom. The third kappa shape index (κ3) is 3.37. The van der Waals surface area contributed by atoms with Crippen molar-refractivity contribution in [3.8, 4) is 0 Å². The molecule has 0 saturated carbocycles. The molecule has 0 unspecified atom stereocenters.